The number of carbonyl (C=O) groups is 1. The Morgan fingerprint density at radius 2 is 2.05 bits per heavy atom. The van der Waals surface area contributed by atoms with E-state index in [0.717, 1.165) is 42.6 Å². The maximum atomic E-state index is 12.9. The number of aliphatic hydroxyl groups excluding tert-OH is 1. The number of fused-ring (bicyclic) bond motifs is 2. The van der Waals surface area contributed by atoms with Crippen LogP contribution in [0.25, 0.3) is 5.57 Å². The second kappa shape index (κ2) is 9.67. The molecule has 0 unspecified atom stereocenters. The standard InChI is InChI=1S/C28H35N5O4/c1-16(2)36-24-23(34)27(3)12-18(13-28(24,4)37-27)20-10-11-21(22(32-20)17-8-6-5-7-9-17)33-26(35)25-30-15-19(14-29)31-25/h8,10-11,15-16,18,23-24,34H,5-7,9,12-13H2,1-4H3,(H,30,31)(H,33,35)/t18-,23-,24+,27+,28-/m1/s1. The van der Waals surface area contributed by atoms with Crippen LogP contribution >= 0.6 is 0 Å². The van der Waals surface area contributed by atoms with Gasteiger partial charge in [-0.25, -0.2) is 4.98 Å². The third-order valence-electron chi connectivity index (χ3n) is 7.79. The number of aromatic amines is 1. The second-order valence-corrected chi connectivity index (χ2v) is 11.2. The predicted octanol–water partition coefficient (Wildman–Crippen LogP) is 4.47. The Morgan fingerprint density at radius 1 is 1.27 bits per heavy atom. The average molecular weight is 506 g/mol. The zero-order valence-electron chi connectivity index (χ0n) is 21.9. The van der Waals surface area contributed by atoms with Crippen LogP contribution in [0.3, 0.4) is 0 Å². The summed E-state index contributed by atoms with van der Waals surface area (Å²) in [6.07, 6.45) is 7.85. The van der Waals surface area contributed by atoms with Crippen LogP contribution in [-0.2, 0) is 9.47 Å². The number of anilines is 1. The maximum Gasteiger partial charge on any atom is 0.291 e. The first-order valence-electron chi connectivity index (χ1n) is 13.1. The van der Waals surface area contributed by atoms with Gasteiger partial charge in [0.25, 0.3) is 5.91 Å². The molecule has 4 heterocycles. The maximum absolute atomic E-state index is 12.9. The van der Waals surface area contributed by atoms with E-state index in [1.54, 1.807) is 0 Å². The van der Waals surface area contributed by atoms with Crippen molar-refractivity contribution >= 4 is 17.2 Å². The van der Waals surface area contributed by atoms with Crippen LogP contribution in [-0.4, -0.2) is 55.5 Å². The van der Waals surface area contributed by atoms with Crippen LogP contribution in [0.4, 0.5) is 5.69 Å². The van der Waals surface area contributed by atoms with Crippen molar-refractivity contribution in [1.82, 2.24) is 15.0 Å². The van der Waals surface area contributed by atoms with Crippen LogP contribution in [0, 0.1) is 11.3 Å². The van der Waals surface area contributed by atoms with Crippen LogP contribution in [0.5, 0.6) is 0 Å². The van der Waals surface area contributed by atoms with Crippen molar-refractivity contribution in [2.45, 2.75) is 102 Å². The van der Waals surface area contributed by atoms with E-state index in [2.05, 4.69) is 21.4 Å². The van der Waals surface area contributed by atoms with Crippen molar-refractivity contribution in [3.63, 3.8) is 0 Å². The van der Waals surface area contributed by atoms with Gasteiger partial charge in [0.05, 0.1) is 28.7 Å². The zero-order chi connectivity index (χ0) is 26.4. The molecule has 9 heteroatoms. The number of aliphatic hydroxyl groups is 1. The molecule has 0 radical (unpaired) electrons. The molecule has 0 spiro atoms. The minimum Gasteiger partial charge on any atom is -0.387 e. The highest BCUT2D eigenvalue weighted by molar-refractivity contribution is 6.03. The number of imidazole rings is 1. The van der Waals surface area contributed by atoms with Gasteiger partial charge in [0, 0.05) is 17.8 Å². The van der Waals surface area contributed by atoms with Crippen molar-refractivity contribution in [1.29, 1.82) is 5.26 Å². The second-order valence-electron chi connectivity index (χ2n) is 11.2. The Kier molecular flexibility index (Phi) is 6.69. The summed E-state index contributed by atoms with van der Waals surface area (Å²) in [6, 6.07) is 5.79. The first kappa shape index (κ1) is 25.6. The van der Waals surface area contributed by atoms with E-state index in [0.29, 0.717) is 18.5 Å². The number of nitriles is 1. The lowest BCUT2D eigenvalue weighted by Crippen LogP contribution is -2.44. The molecule has 2 fully saturated rings. The molecule has 3 aliphatic rings. The van der Waals surface area contributed by atoms with Gasteiger partial charge in [0.2, 0.25) is 0 Å². The molecule has 3 N–H and O–H groups in total. The Bertz CT molecular complexity index is 1260. The van der Waals surface area contributed by atoms with Crippen molar-refractivity contribution in [2.75, 3.05) is 5.32 Å². The van der Waals surface area contributed by atoms with Gasteiger partial charge in [-0.15, -0.1) is 0 Å². The molecule has 1 amide bonds. The molecule has 1 aliphatic carbocycles. The van der Waals surface area contributed by atoms with E-state index in [1.807, 2.05) is 45.9 Å². The molecule has 9 nitrogen and oxygen atoms in total. The fraction of sp³-hybridized carbons (Fsp3) is 0.571. The molecule has 5 rings (SSSR count). The highest BCUT2D eigenvalue weighted by atomic mass is 16.6. The molecule has 37 heavy (non-hydrogen) atoms. The van der Waals surface area contributed by atoms with Crippen LogP contribution in [0.2, 0.25) is 0 Å². The van der Waals surface area contributed by atoms with Gasteiger partial charge in [0.1, 0.15) is 18.3 Å². The topological polar surface area (TPSA) is 133 Å². The number of hydrogen-bond donors (Lipinski definition) is 3. The lowest BCUT2D eigenvalue weighted by molar-refractivity contribution is -0.161. The van der Waals surface area contributed by atoms with Gasteiger partial charge in [-0.1, -0.05) is 6.08 Å². The number of amides is 1. The summed E-state index contributed by atoms with van der Waals surface area (Å²) in [6.45, 7) is 7.93. The number of pyridine rings is 1. The predicted molar refractivity (Wildman–Crippen MR) is 138 cm³/mol. The summed E-state index contributed by atoms with van der Waals surface area (Å²) >= 11 is 0. The minimum absolute atomic E-state index is 0.0225. The Morgan fingerprint density at radius 3 is 2.73 bits per heavy atom. The number of nitrogens with zero attached hydrogens (tertiary/aromatic N) is 3. The normalized spacial score (nSPS) is 31.2. The van der Waals surface area contributed by atoms with Crippen LogP contribution in [0.15, 0.2) is 24.4 Å². The Labute approximate surface area is 217 Å². The van der Waals surface area contributed by atoms with Gasteiger partial charge in [-0.05, 0) is 83.9 Å². The summed E-state index contributed by atoms with van der Waals surface area (Å²) in [4.78, 5) is 24.8. The zero-order valence-corrected chi connectivity index (χ0v) is 21.9. The number of rotatable bonds is 6. The van der Waals surface area contributed by atoms with Gasteiger partial charge in [0.15, 0.2) is 11.5 Å². The summed E-state index contributed by atoms with van der Waals surface area (Å²) < 4.78 is 12.6. The van der Waals surface area contributed by atoms with Crippen molar-refractivity contribution in [3.8, 4) is 6.07 Å². The first-order chi connectivity index (χ1) is 17.6. The lowest BCUT2D eigenvalue weighted by atomic mass is 9.82. The molecule has 2 aromatic rings. The third-order valence-corrected chi connectivity index (χ3v) is 7.79. The number of aromatic nitrogens is 3. The fourth-order valence-corrected chi connectivity index (χ4v) is 6.17. The molecule has 0 aromatic carbocycles. The summed E-state index contributed by atoms with van der Waals surface area (Å²) in [5.74, 6) is -0.277. The van der Waals surface area contributed by atoms with Gasteiger partial charge < -0.3 is 24.9 Å². The molecule has 2 bridgehead atoms. The Hall–Kier alpha value is -3.06. The van der Waals surface area contributed by atoms with E-state index in [4.69, 9.17) is 19.7 Å². The monoisotopic (exact) mass is 505 g/mol. The number of H-pyrrole nitrogens is 1. The Balaban J connectivity index is 1.47. The fourth-order valence-electron chi connectivity index (χ4n) is 6.17. The van der Waals surface area contributed by atoms with Gasteiger partial charge in [-0.3, -0.25) is 9.78 Å². The highest BCUT2D eigenvalue weighted by Gasteiger charge is 2.63. The molecule has 2 aliphatic heterocycles. The van der Waals surface area contributed by atoms with Gasteiger partial charge >= 0.3 is 0 Å². The number of nitrogens with one attached hydrogen (secondary N) is 2. The number of carbonyl (C=O) groups excluding carboxylic acids is 1. The van der Waals surface area contributed by atoms with Gasteiger partial charge in [-0.2, -0.15) is 5.26 Å². The first-order valence-corrected chi connectivity index (χ1v) is 13.1. The van der Waals surface area contributed by atoms with Crippen molar-refractivity contribution < 1.29 is 19.4 Å². The lowest BCUT2D eigenvalue weighted by Gasteiger charge is -2.41. The quantitative estimate of drug-likeness (QED) is 0.528. The molecule has 2 aromatic heterocycles. The number of hydrogen-bond acceptors (Lipinski definition) is 7. The molecule has 196 valence electrons. The minimum atomic E-state index is -0.728. The van der Waals surface area contributed by atoms with E-state index in [-0.39, 0.29) is 23.5 Å². The number of allylic oxidation sites excluding steroid dienone is 2. The van der Waals surface area contributed by atoms with E-state index in [1.165, 1.54) is 6.20 Å². The smallest absolute Gasteiger partial charge is 0.291 e. The van der Waals surface area contributed by atoms with Crippen LogP contribution < -0.4 is 5.32 Å². The molecular weight excluding hydrogens is 470 g/mol. The molecule has 2 saturated heterocycles. The number of ether oxygens (including phenoxy) is 2. The van der Waals surface area contributed by atoms with Crippen LogP contribution in [0.1, 0.15) is 99.8 Å². The molecular formula is C28H35N5O4. The van der Waals surface area contributed by atoms with E-state index in [9.17, 15) is 9.90 Å². The highest BCUT2D eigenvalue weighted by Crippen LogP contribution is 2.54. The van der Waals surface area contributed by atoms with E-state index >= 15 is 0 Å². The average Bonchev–Trinajstić information content (AvgIpc) is 3.40. The van der Waals surface area contributed by atoms with E-state index < -0.39 is 29.3 Å². The summed E-state index contributed by atoms with van der Waals surface area (Å²) in [5, 5.41) is 23.1. The third kappa shape index (κ3) is 4.81. The largest absolute Gasteiger partial charge is 0.387 e. The SMILES string of the molecule is CC(C)O[C@H]1[C@@H](O)[C@]2(C)C[C@@H](c3ccc(NC(=O)c4nc(C#N)c[nH]4)c(C4=CCCCC4)n3)C[C@@]1(C)O2. The molecule has 5 atom stereocenters. The summed E-state index contributed by atoms with van der Waals surface area (Å²) in [7, 11) is 0. The van der Waals surface area contributed by atoms with Crippen molar-refractivity contribution in [3.05, 3.63) is 47.3 Å². The molecule has 0 saturated carbocycles. The van der Waals surface area contributed by atoms with Crippen molar-refractivity contribution in [2.24, 2.45) is 0 Å². The summed E-state index contributed by atoms with van der Waals surface area (Å²) in [5.41, 5.74) is 2.22.